The third kappa shape index (κ3) is 21.0. The molecule has 6 aromatic carbocycles. The lowest BCUT2D eigenvalue weighted by Crippen LogP contribution is -2.43. The number of halogens is 3. The van der Waals surface area contributed by atoms with Crippen molar-refractivity contribution in [1.82, 2.24) is 49.5 Å². The van der Waals surface area contributed by atoms with Gasteiger partial charge in [0.2, 0.25) is 16.7 Å². The number of amides is 3. The molecule has 12 aromatic rings. The second-order valence-corrected chi connectivity index (χ2v) is 28.2. The fourth-order valence-corrected chi connectivity index (χ4v) is 12.9. The molecule has 3 amide bonds. The molecule has 0 saturated carbocycles. The molecule has 110 heavy (non-hydrogen) atoms. The van der Waals surface area contributed by atoms with Crippen molar-refractivity contribution in [3.05, 3.63) is 314 Å². The van der Waals surface area contributed by atoms with Gasteiger partial charge < -0.3 is 40.7 Å². The molecule has 2 aliphatic heterocycles. The van der Waals surface area contributed by atoms with Crippen molar-refractivity contribution in [2.75, 3.05) is 82.4 Å². The first-order valence-electron chi connectivity index (χ1n) is 36.1. The summed E-state index contributed by atoms with van der Waals surface area (Å²) >= 11 is 0. The van der Waals surface area contributed by atoms with Crippen LogP contribution >= 0.6 is 0 Å². The fourth-order valence-electron chi connectivity index (χ4n) is 12.9. The van der Waals surface area contributed by atoms with Crippen LogP contribution in [0.2, 0.25) is 0 Å². The molecule has 2 saturated heterocycles. The van der Waals surface area contributed by atoms with Crippen molar-refractivity contribution in [2.45, 2.75) is 60.8 Å². The molecule has 0 atom stereocenters. The number of likely N-dealkylation sites (N-methyl/N-ethyl adjacent to an activating group) is 2. The summed E-state index contributed by atoms with van der Waals surface area (Å²) in [6.45, 7) is 21.8. The Kier molecular flexibility index (Phi) is 24.2. The number of anilines is 3. The molecule has 2 fully saturated rings. The molecule has 0 spiro atoms. The summed E-state index contributed by atoms with van der Waals surface area (Å²) in [7, 11) is 4.32. The van der Waals surface area contributed by atoms with Gasteiger partial charge in [-0.25, -0.2) is 15.0 Å². The number of hydrogen-bond donors (Lipinski definition) is 6. The molecule has 0 aliphatic carbocycles. The molecular weight excluding hydrogens is 1390 g/mol. The highest BCUT2D eigenvalue weighted by atomic mass is 19.4. The van der Waals surface area contributed by atoms with E-state index in [9.17, 15) is 41.9 Å². The van der Waals surface area contributed by atoms with Crippen LogP contribution in [0.5, 0.6) is 0 Å². The number of aryl methyl sites for hydroxylation is 6. The highest BCUT2D eigenvalue weighted by Crippen LogP contribution is 2.33. The standard InChI is InChI=1S/2C31H33N5O2.C26H18F3N3O2/c1-21-14-24(20-36-12-10-35(3)11-13-36)17-27(15-21)31(38)33-28-8-4-22(2)25(18-28)6-5-23-16-26-7-9-29(37)34-30(26)32-19-23;1-21-14-24(20-36-12-10-35(3)11-13-36)17-28(15-21)33-31(38)27-6-4-22(2)25(18-27)7-5-23-16-26-8-9-29(37)34-30(26)32-19-23;1-15-9-21(26(27,28)29)13-22(10-15)31-25(34)20-5-3-16(2)18(12-20)6-4-17-11-19-7-8-23(33)32-24(19)30-14-17/h2*4-9,14-19H,10-13,20H2,1-3H3,(H,33,38)(H,32,34,37);3,5,7-14H,1-2H3,(H,31,34)(H,30,32,33)/b6-5+;7-5+;. The van der Waals surface area contributed by atoms with E-state index in [0.29, 0.717) is 44.8 Å². The smallest absolute Gasteiger partial charge is 0.322 e. The number of rotatable bonds is 14. The molecular formula is C88H84F3N13O6. The summed E-state index contributed by atoms with van der Waals surface area (Å²) in [5.41, 5.74) is 16.3. The predicted molar refractivity (Wildman–Crippen MR) is 432 cm³/mol. The van der Waals surface area contributed by atoms with Gasteiger partial charge in [0, 0.05) is 163 Å². The molecule has 8 heterocycles. The summed E-state index contributed by atoms with van der Waals surface area (Å²) in [5.74, 6) is 5.22. The maximum atomic E-state index is 13.2. The number of nitrogens with zero attached hydrogens (tertiary/aromatic N) is 7. The van der Waals surface area contributed by atoms with Gasteiger partial charge in [-0.2, -0.15) is 13.2 Å². The summed E-state index contributed by atoms with van der Waals surface area (Å²) in [6, 6.07) is 47.7. The molecule has 0 unspecified atom stereocenters. The van der Waals surface area contributed by atoms with Gasteiger partial charge in [0.1, 0.15) is 16.9 Å². The minimum Gasteiger partial charge on any atom is -0.322 e. The quantitative estimate of drug-likeness (QED) is 0.0556. The second kappa shape index (κ2) is 34.6. The Bertz CT molecular complexity index is 5800. The Hall–Kier alpha value is -12.5. The van der Waals surface area contributed by atoms with Crippen molar-refractivity contribution in [3.63, 3.8) is 0 Å². The van der Waals surface area contributed by atoms with Gasteiger partial charge in [0.25, 0.3) is 17.7 Å². The van der Waals surface area contributed by atoms with Crippen LogP contribution in [0, 0.1) is 53.4 Å². The second-order valence-electron chi connectivity index (χ2n) is 28.2. The highest BCUT2D eigenvalue weighted by molar-refractivity contribution is 6.06. The van der Waals surface area contributed by atoms with Crippen molar-refractivity contribution >= 4 is 92.2 Å². The first-order chi connectivity index (χ1) is 52.7. The molecule has 0 bridgehead atoms. The molecule has 14 rings (SSSR count). The van der Waals surface area contributed by atoms with Crippen LogP contribution in [0.25, 0.3) is 57.4 Å². The maximum absolute atomic E-state index is 13.2. The van der Waals surface area contributed by atoms with Crippen molar-refractivity contribution < 1.29 is 27.6 Å². The van der Waals surface area contributed by atoms with E-state index >= 15 is 0 Å². The summed E-state index contributed by atoms with van der Waals surface area (Å²) in [5, 5.41) is 11.2. The van der Waals surface area contributed by atoms with E-state index in [1.807, 2.05) is 119 Å². The predicted octanol–water partition coefficient (Wildman–Crippen LogP) is 14.6. The van der Waals surface area contributed by atoms with Gasteiger partial charge in [-0.1, -0.05) is 72.0 Å². The zero-order chi connectivity index (χ0) is 77.8. The van der Waals surface area contributed by atoms with E-state index in [0.717, 1.165) is 155 Å². The first-order valence-corrected chi connectivity index (χ1v) is 36.1. The third-order valence-electron chi connectivity index (χ3n) is 19.1. The van der Waals surface area contributed by atoms with E-state index in [4.69, 9.17) is 0 Å². The van der Waals surface area contributed by atoms with Crippen molar-refractivity contribution in [3.8, 4) is 11.8 Å². The van der Waals surface area contributed by atoms with Crippen LogP contribution in [-0.2, 0) is 19.3 Å². The van der Waals surface area contributed by atoms with E-state index in [1.165, 1.54) is 48.5 Å². The largest absolute Gasteiger partial charge is 0.416 e. The number of alkyl halides is 3. The molecule has 2 aliphatic rings. The number of aromatic nitrogens is 6. The van der Waals surface area contributed by atoms with Gasteiger partial charge in [0.15, 0.2) is 0 Å². The van der Waals surface area contributed by atoms with Crippen LogP contribution in [0.1, 0.15) is 115 Å². The minimum atomic E-state index is -4.51. The number of H-pyrrole nitrogens is 3. The summed E-state index contributed by atoms with van der Waals surface area (Å²) in [4.78, 5) is 104. The Morgan fingerprint density at radius 2 is 0.873 bits per heavy atom. The topological polar surface area (TPSA) is 238 Å². The summed E-state index contributed by atoms with van der Waals surface area (Å²) in [6.07, 6.45) is 8.43. The third-order valence-corrected chi connectivity index (χ3v) is 19.1. The number of carbonyl (C=O) groups is 3. The molecule has 6 aromatic heterocycles. The van der Waals surface area contributed by atoms with E-state index in [1.54, 1.807) is 54.9 Å². The lowest BCUT2D eigenvalue weighted by Gasteiger charge is -2.32. The van der Waals surface area contributed by atoms with Crippen LogP contribution in [-0.4, -0.2) is 134 Å². The summed E-state index contributed by atoms with van der Waals surface area (Å²) < 4.78 is 39.3. The van der Waals surface area contributed by atoms with Gasteiger partial charge in [-0.3, -0.25) is 38.6 Å². The first kappa shape index (κ1) is 77.1. The number of carbonyl (C=O) groups excluding carboxylic acids is 3. The molecule has 0 radical (unpaired) electrons. The van der Waals surface area contributed by atoms with Gasteiger partial charge >= 0.3 is 6.18 Å². The fraction of sp³-hybridized carbons (Fsp3) is 0.216. The normalized spacial score (nSPS) is 13.7. The monoisotopic (exact) mass is 1480 g/mol. The average molecular weight is 1480 g/mol. The molecule has 558 valence electrons. The number of aromatic amines is 3. The van der Waals surface area contributed by atoms with E-state index in [-0.39, 0.29) is 39.7 Å². The number of nitrogens with one attached hydrogen (secondary N) is 6. The Morgan fingerprint density at radius 3 is 1.42 bits per heavy atom. The zero-order valence-corrected chi connectivity index (χ0v) is 62.4. The van der Waals surface area contributed by atoms with E-state index in [2.05, 4.69) is 117 Å². The minimum absolute atomic E-state index is 0.0609. The molecule has 22 heteroatoms. The van der Waals surface area contributed by atoms with Crippen LogP contribution in [0.3, 0.4) is 0 Å². The SMILES string of the molecule is Cc1cc(CN2CCN(C)CC2)cc(C(=O)Nc2ccc(C)c(/C=C/c3cnc4[nH]c(=O)ccc4c3)c2)c1.Cc1cc(CN2CCN(C)CC2)cc(NC(=O)c2ccc(C)c(/C=C/c3cnc4[nH]c(=O)ccc4c3)c2)c1.Cc1cc(NC(=O)c2ccc(C)c(C#Cc3cnc4[nH]c(=O)ccc4c3)c2)cc(C(F)(F)F)c1. The number of fused-ring (bicyclic) bond motifs is 3. The van der Waals surface area contributed by atoms with Crippen LogP contribution < -0.4 is 32.6 Å². The Balaban J connectivity index is 0.000000154. The molecule has 19 nitrogen and oxygen atoms in total. The maximum Gasteiger partial charge on any atom is 0.416 e. The number of piperazine rings is 2. The highest BCUT2D eigenvalue weighted by Gasteiger charge is 2.31. The van der Waals surface area contributed by atoms with Gasteiger partial charge in [0.05, 0.1) is 5.56 Å². The van der Waals surface area contributed by atoms with E-state index < -0.39 is 17.6 Å². The zero-order valence-electron chi connectivity index (χ0n) is 62.4. The number of pyridine rings is 6. The average Bonchev–Trinajstić information content (AvgIpc) is 0.836. The lowest BCUT2D eigenvalue weighted by atomic mass is 10.0. The van der Waals surface area contributed by atoms with Crippen molar-refractivity contribution in [2.24, 2.45) is 0 Å². The van der Waals surface area contributed by atoms with Crippen LogP contribution in [0.15, 0.2) is 197 Å². The van der Waals surface area contributed by atoms with Crippen molar-refractivity contribution in [1.29, 1.82) is 0 Å². The lowest BCUT2D eigenvalue weighted by molar-refractivity contribution is -0.137. The van der Waals surface area contributed by atoms with Gasteiger partial charge in [-0.05, 0) is 232 Å². The Morgan fingerprint density at radius 1 is 0.427 bits per heavy atom. The Labute approximate surface area is 634 Å². The number of benzene rings is 6. The van der Waals surface area contributed by atoms with Crippen LogP contribution in [0.4, 0.5) is 30.2 Å². The van der Waals surface area contributed by atoms with Gasteiger partial charge in [-0.15, -0.1) is 0 Å². The number of hydrogen-bond acceptors (Lipinski definition) is 13. The molecule has 6 N–H and O–H groups in total.